The van der Waals surface area contributed by atoms with Gasteiger partial charge in [0.2, 0.25) is 0 Å². The summed E-state index contributed by atoms with van der Waals surface area (Å²) in [6, 6.07) is 9.08. The number of hydrogen-bond acceptors (Lipinski definition) is 0. The molecule has 0 heteroatoms. The number of benzene rings is 1. The van der Waals surface area contributed by atoms with E-state index >= 15 is 0 Å². The third kappa shape index (κ3) is 1.14. The minimum Gasteiger partial charge on any atom is -0.0800 e. The Hall–Kier alpha value is -1.04. The van der Waals surface area contributed by atoms with Crippen molar-refractivity contribution in [2.24, 2.45) is 17.3 Å². The first-order chi connectivity index (χ1) is 8.18. The molecular formula is C17H20. The average molecular weight is 224 g/mol. The smallest absolute Gasteiger partial charge is 0.00569 e. The quantitative estimate of drug-likeness (QED) is 0.576. The van der Waals surface area contributed by atoms with Crippen molar-refractivity contribution >= 4 is 0 Å². The summed E-state index contributed by atoms with van der Waals surface area (Å²) in [6.07, 6.45) is 6.57. The predicted molar refractivity (Wildman–Crippen MR) is 71.0 cm³/mol. The molecule has 3 fully saturated rings. The number of rotatable bonds is 0. The SMILES string of the molecule is CC1(C)[C@@H]2C[C@@H]1C1=CCc3ccccc3[C@H]1C2. The van der Waals surface area contributed by atoms with Gasteiger partial charge in [0.1, 0.15) is 0 Å². The zero-order valence-corrected chi connectivity index (χ0v) is 10.7. The van der Waals surface area contributed by atoms with Gasteiger partial charge in [-0.3, -0.25) is 0 Å². The van der Waals surface area contributed by atoms with Crippen LogP contribution in [0.15, 0.2) is 35.9 Å². The lowest BCUT2D eigenvalue weighted by atomic mass is 9.44. The molecule has 88 valence electrons. The molecule has 0 aromatic heterocycles. The van der Waals surface area contributed by atoms with Crippen LogP contribution in [0.3, 0.4) is 0 Å². The van der Waals surface area contributed by atoms with Crippen LogP contribution in [0.4, 0.5) is 0 Å². The number of fused-ring (bicyclic) bond motifs is 1. The van der Waals surface area contributed by atoms with Crippen LogP contribution in [0.1, 0.15) is 43.7 Å². The van der Waals surface area contributed by atoms with Crippen molar-refractivity contribution in [3.63, 3.8) is 0 Å². The molecule has 4 aliphatic rings. The van der Waals surface area contributed by atoms with Crippen LogP contribution >= 0.6 is 0 Å². The largest absolute Gasteiger partial charge is 0.0800 e. The molecule has 2 bridgehead atoms. The fraction of sp³-hybridized carbons (Fsp3) is 0.529. The van der Waals surface area contributed by atoms with E-state index < -0.39 is 0 Å². The molecular weight excluding hydrogens is 204 g/mol. The topological polar surface area (TPSA) is 0 Å². The summed E-state index contributed by atoms with van der Waals surface area (Å²) in [7, 11) is 0. The Kier molecular flexibility index (Phi) is 1.78. The van der Waals surface area contributed by atoms with Gasteiger partial charge in [-0.25, -0.2) is 0 Å². The van der Waals surface area contributed by atoms with Gasteiger partial charge >= 0.3 is 0 Å². The van der Waals surface area contributed by atoms with Gasteiger partial charge in [-0.2, -0.15) is 0 Å². The van der Waals surface area contributed by atoms with E-state index in [9.17, 15) is 0 Å². The second-order valence-corrected chi connectivity index (χ2v) is 6.70. The summed E-state index contributed by atoms with van der Waals surface area (Å²) in [5.41, 5.74) is 5.56. The molecule has 17 heavy (non-hydrogen) atoms. The van der Waals surface area contributed by atoms with E-state index in [-0.39, 0.29) is 0 Å². The standard InChI is InChI=1S/C17H20/c1-17(2)12-9-15-13-6-4-3-5-11(13)7-8-14(15)16(17)10-12/h3-6,8,12,15-16H,7,9-10H2,1-2H3/t12-,15+,16+/m0/s1. The lowest BCUT2D eigenvalue weighted by molar-refractivity contribution is -0.0361. The highest BCUT2D eigenvalue weighted by Gasteiger charge is 2.55. The molecule has 0 unspecified atom stereocenters. The molecule has 0 aliphatic heterocycles. The first kappa shape index (κ1) is 9.94. The Morgan fingerprint density at radius 3 is 2.76 bits per heavy atom. The summed E-state index contributed by atoms with van der Waals surface area (Å²) in [4.78, 5) is 0. The Labute approximate surface area is 104 Å². The van der Waals surface area contributed by atoms with E-state index in [1.54, 1.807) is 16.7 Å². The van der Waals surface area contributed by atoms with Crippen LogP contribution in [0, 0.1) is 17.3 Å². The Morgan fingerprint density at radius 1 is 1.12 bits per heavy atom. The lowest BCUT2D eigenvalue weighted by Gasteiger charge is -2.61. The van der Waals surface area contributed by atoms with E-state index in [0.29, 0.717) is 5.41 Å². The summed E-state index contributed by atoms with van der Waals surface area (Å²) in [5, 5.41) is 0. The highest BCUT2D eigenvalue weighted by molar-refractivity contribution is 5.45. The third-order valence-corrected chi connectivity index (χ3v) is 5.78. The summed E-state index contributed by atoms with van der Waals surface area (Å²) in [6.45, 7) is 4.95. The van der Waals surface area contributed by atoms with Crippen molar-refractivity contribution in [3.8, 4) is 0 Å². The van der Waals surface area contributed by atoms with Crippen LogP contribution in [-0.4, -0.2) is 0 Å². The minimum atomic E-state index is 0.578. The van der Waals surface area contributed by atoms with Gasteiger partial charge in [0.05, 0.1) is 0 Å². The second kappa shape index (κ2) is 3.04. The van der Waals surface area contributed by atoms with Gasteiger partial charge in [-0.15, -0.1) is 0 Å². The number of hydrogen-bond donors (Lipinski definition) is 0. The van der Waals surface area contributed by atoms with Crippen molar-refractivity contribution in [2.75, 3.05) is 0 Å². The molecule has 4 aliphatic carbocycles. The van der Waals surface area contributed by atoms with Crippen LogP contribution in [0.2, 0.25) is 0 Å². The zero-order valence-electron chi connectivity index (χ0n) is 10.7. The summed E-state index contributed by atoms with van der Waals surface area (Å²) in [5.74, 6) is 2.59. The van der Waals surface area contributed by atoms with Crippen molar-refractivity contribution in [1.82, 2.24) is 0 Å². The van der Waals surface area contributed by atoms with Crippen molar-refractivity contribution in [3.05, 3.63) is 47.0 Å². The maximum absolute atomic E-state index is 2.55. The summed E-state index contributed by atoms with van der Waals surface area (Å²) < 4.78 is 0. The van der Waals surface area contributed by atoms with Crippen LogP contribution in [0.25, 0.3) is 0 Å². The fourth-order valence-corrected chi connectivity index (χ4v) is 4.52. The average Bonchev–Trinajstić information content (AvgIpc) is 2.37. The lowest BCUT2D eigenvalue weighted by Crippen LogP contribution is -2.51. The Balaban J connectivity index is 1.80. The monoisotopic (exact) mass is 224 g/mol. The molecule has 0 radical (unpaired) electrons. The Morgan fingerprint density at radius 2 is 1.94 bits per heavy atom. The predicted octanol–water partition coefficient (Wildman–Crippen LogP) is 4.32. The summed E-state index contributed by atoms with van der Waals surface area (Å²) >= 11 is 0. The molecule has 3 atom stereocenters. The molecule has 1 aromatic rings. The van der Waals surface area contributed by atoms with Crippen molar-refractivity contribution in [2.45, 2.75) is 39.0 Å². The molecule has 0 heterocycles. The number of allylic oxidation sites excluding steroid dienone is 2. The highest BCUT2D eigenvalue weighted by Crippen LogP contribution is 2.65. The maximum Gasteiger partial charge on any atom is 0.00569 e. The zero-order chi connectivity index (χ0) is 11.6. The first-order valence-electron chi connectivity index (χ1n) is 6.95. The first-order valence-corrected chi connectivity index (χ1v) is 6.95. The van der Waals surface area contributed by atoms with E-state index in [2.05, 4.69) is 44.2 Å². The molecule has 0 saturated heterocycles. The highest BCUT2D eigenvalue weighted by atomic mass is 14.6. The van der Waals surface area contributed by atoms with Crippen molar-refractivity contribution in [1.29, 1.82) is 0 Å². The molecule has 1 aromatic carbocycles. The molecule has 0 N–H and O–H groups in total. The molecule has 0 spiro atoms. The van der Waals surface area contributed by atoms with Crippen LogP contribution < -0.4 is 0 Å². The minimum absolute atomic E-state index is 0.578. The van der Waals surface area contributed by atoms with Gasteiger partial charge in [-0.1, -0.05) is 49.8 Å². The molecule has 3 saturated carbocycles. The molecule has 0 amide bonds. The van der Waals surface area contributed by atoms with Gasteiger partial charge in [0.15, 0.2) is 0 Å². The third-order valence-electron chi connectivity index (χ3n) is 5.78. The van der Waals surface area contributed by atoms with Crippen LogP contribution in [0.5, 0.6) is 0 Å². The Bertz CT molecular complexity index is 507. The fourth-order valence-electron chi connectivity index (χ4n) is 4.52. The van der Waals surface area contributed by atoms with E-state index in [0.717, 1.165) is 17.8 Å². The van der Waals surface area contributed by atoms with Gasteiger partial charge in [0.25, 0.3) is 0 Å². The van der Waals surface area contributed by atoms with Crippen LogP contribution in [-0.2, 0) is 6.42 Å². The van der Waals surface area contributed by atoms with Gasteiger partial charge < -0.3 is 0 Å². The second-order valence-electron chi connectivity index (χ2n) is 6.70. The van der Waals surface area contributed by atoms with Gasteiger partial charge in [-0.05, 0) is 47.6 Å². The van der Waals surface area contributed by atoms with Gasteiger partial charge in [0, 0.05) is 5.92 Å². The van der Waals surface area contributed by atoms with E-state index in [1.807, 2.05) is 0 Å². The van der Waals surface area contributed by atoms with Crippen molar-refractivity contribution < 1.29 is 0 Å². The molecule has 5 rings (SSSR count). The normalized spacial score (nSPS) is 36.4. The maximum atomic E-state index is 2.55. The van der Waals surface area contributed by atoms with E-state index in [1.165, 1.54) is 19.3 Å². The van der Waals surface area contributed by atoms with E-state index in [4.69, 9.17) is 0 Å². The molecule has 0 nitrogen and oxygen atoms in total.